The summed E-state index contributed by atoms with van der Waals surface area (Å²) in [6, 6.07) is 9.19. The zero-order chi connectivity index (χ0) is 8.10. The number of hydrogen-bond acceptors (Lipinski definition) is 2. The van der Waals surface area contributed by atoms with E-state index in [2.05, 4.69) is 0 Å². The average Bonchev–Trinajstić information content (AvgIpc) is 2.03. The Bertz CT molecular complexity index is 275. The topological polar surface area (TPSA) is 40.1 Å². The maximum atomic E-state index is 9.97. The molecule has 0 aliphatic rings. The summed E-state index contributed by atoms with van der Waals surface area (Å²) in [5, 5.41) is 9.97. The first-order valence-corrected chi connectivity index (χ1v) is 3.23. The van der Waals surface area contributed by atoms with Crippen molar-refractivity contribution in [2.24, 2.45) is 0 Å². The third-order valence-corrected chi connectivity index (χ3v) is 1.21. The summed E-state index contributed by atoms with van der Waals surface area (Å²) in [5.74, 6) is -1.17. The molecule has 0 N–H and O–H groups in total. The summed E-state index contributed by atoms with van der Waals surface area (Å²) < 4.78 is 0. The van der Waals surface area contributed by atoms with Crippen LogP contribution in [0.25, 0.3) is 6.08 Å². The summed E-state index contributed by atoms with van der Waals surface area (Å²) in [5.41, 5.74) is 0.858. The van der Waals surface area contributed by atoms with E-state index in [1.807, 2.05) is 30.3 Å². The molecule has 0 aliphatic heterocycles. The minimum Gasteiger partial charge on any atom is -1.00 e. The van der Waals surface area contributed by atoms with E-state index in [4.69, 9.17) is 0 Å². The van der Waals surface area contributed by atoms with Crippen molar-refractivity contribution >= 4 is 12.0 Å². The van der Waals surface area contributed by atoms with Gasteiger partial charge in [0.25, 0.3) is 0 Å². The third-order valence-electron chi connectivity index (χ3n) is 1.21. The molecule has 14 heavy (non-hydrogen) atoms. The van der Waals surface area contributed by atoms with Crippen LogP contribution in [0.5, 0.6) is 0 Å². The van der Waals surface area contributed by atoms with Crippen LogP contribution in [-0.2, 0) is 4.79 Å². The Morgan fingerprint density at radius 3 is 2.07 bits per heavy atom. The van der Waals surface area contributed by atoms with Crippen LogP contribution < -0.4 is 81.3 Å². The number of carbonyl (C=O) groups is 1. The van der Waals surface area contributed by atoms with E-state index >= 15 is 0 Å². The summed E-state index contributed by atoms with van der Waals surface area (Å²) in [7, 11) is 0. The zero-order valence-corrected chi connectivity index (χ0v) is 12.2. The van der Waals surface area contributed by atoms with E-state index in [-0.39, 0.29) is 76.2 Å². The molecule has 0 saturated carbocycles. The minimum absolute atomic E-state index is 0. The molecule has 1 aromatic rings. The van der Waals surface area contributed by atoms with Crippen LogP contribution in [0.2, 0.25) is 0 Å². The van der Waals surface area contributed by atoms with Gasteiger partial charge in [0.1, 0.15) is 0 Å². The van der Waals surface area contributed by atoms with Gasteiger partial charge in [-0.2, -0.15) is 0 Å². The van der Waals surface area contributed by atoms with Crippen molar-refractivity contribution in [1.82, 2.24) is 0 Å². The predicted octanol–water partition coefficient (Wildman–Crippen LogP) is -8.54. The van der Waals surface area contributed by atoms with Crippen molar-refractivity contribution in [3.8, 4) is 0 Å². The second-order valence-electron chi connectivity index (χ2n) is 2.06. The number of aliphatic carboxylic acids is 1. The third kappa shape index (κ3) is 9.21. The standard InChI is InChI=1S/C9H8O2.2ClH.K/c10-9(11)7-6-8-4-2-1-3-5-8;;;/h1-7H,(H,10,11);2*1H;/q;;;+1/p-3/b7-6+;;;. The molecule has 72 valence electrons. The van der Waals surface area contributed by atoms with Gasteiger partial charge in [0.2, 0.25) is 0 Å². The van der Waals surface area contributed by atoms with Crippen molar-refractivity contribution in [3.05, 3.63) is 42.0 Å². The molecule has 0 aromatic heterocycles. The molecular formula is C9H7Cl2KO2-2. The van der Waals surface area contributed by atoms with E-state index in [1.165, 1.54) is 6.08 Å². The van der Waals surface area contributed by atoms with Crippen LogP contribution in [0.3, 0.4) is 0 Å². The van der Waals surface area contributed by atoms with Crippen molar-refractivity contribution in [2.75, 3.05) is 0 Å². The number of carboxylic acids is 1. The maximum Gasteiger partial charge on any atom is 1.00 e. The Labute approximate surface area is 138 Å². The van der Waals surface area contributed by atoms with E-state index < -0.39 is 5.97 Å². The van der Waals surface area contributed by atoms with Gasteiger partial charge in [-0.15, -0.1) is 0 Å². The molecule has 2 nitrogen and oxygen atoms in total. The van der Waals surface area contributed by atoms with Crippen molar-refractivity contribution in [2.45, 2.75) is 0 Å². The van der Waals surface area contributed by atoms with Gasteiger partial charge in [-0.1, -0.05) is 36.4 Å². The Balaban J connectivity index is -0.000000403. The molecule has 0 fully saturated rings. The molecule has 0 heterocycles. The van der Waals surface area contributed by atoms with Gasteiger partial charge < -0.3 is 34.7 Å². The normalized spacial score (nSPS) is 8.00. The molecule has 0 aliphatic carbocycles. The fourth-order valence-electron chi connectivity index (χ4n) is 0.728. The number of hydrogen-bond donors (Lipinski definition) is 0. The van der Waals surface area contributed by atoms with Gasteiger partial charge in [0.05, 0.1) is 5.97 Å². The van der Waals surface area contributed by atoms with E-state index in [0.29, 0.717) is 0 Å². The summed E-state index contributed by atoms with van der Waals surface area (Å²) in [6.45, 7) is 0. The number of halogens is 2. The molecule has 0 saturated heterocycles. The fraction of sp³-hybridized carbons (Fsp3) is 0. The van der Waals surface area contributed by atoms with Gasteiger partial charge in [-0.3, -0.25) is 0 Å². The second-order valence-corrected chi connectivity index (χ2v) is 2.06. The Morgan fingerprint density at radius 2 is 1.64 bits per heavy atom. The van der Waals surface area contributed by atoms with Crippen LogP contribution in [-0.4, -0.2) is 5.97 Å². The molecule has 0 radical (unpaired) electrons. The molecule has 1 rings (SSSR count). The largest absolute Gasteiger partial charge is 1.00 e. The number of carbonyl (C=O) groups excluding carboxylic acids is 1. The first kappa shape index (κ1) is 20.1. The van der Waals surface area contributed by atoms with Gasteiger partial charge in [-0.05, 0) is 11.6 Å². The predicted molar refractivity (Wildman–Crippen MR) is 40.5 cm³/mol. The monoisotopic (exact) mass is 256 g/mol. The second kappa shape index (κ2) is 11.7. The SMILES string of the molecule is O=C([O-])/C=C/c1ccccc1.[Cl-].[Cl-].[K+]. The first-order chi connectivity index (χ1) is 5.29. The molecule has 0 bridgehead atoms. The molecule has 0 amide bonds. The van der Waals surface area contributed by atoms with Gasteiger partial charge in [-0.25, -0.2) is 0 Å². The van der Waals surface area contributed by atoms with Crippen molar-refractivity contribution < 1.29 is 86.1 Å². The van der Waals surface area contributed by atoms with E-state index in [1.54, 1.807) is 0 Å². The van der Waals surface area contributed by atoms with E-state index in [0.717, 1.165) is 11.6 Å². The average molecular weight is 257 g/mol. The van der Waals surface area contributed by atoms with Crippen molar-refractivity contribution in [3.63, 3.8) is 0 Å². The molecule has 5 heteroatoms. The molecule has 1 aromatic carbocycles. The fourth-order valence-corrected chi connectivity index (χ4v) is 0.728. The number of carboxylic acid groups (broad SMARTS) is 1. The number of benzene rings is 1. The van der Waals surface area contributed by atoms with E-state index in [9.17, 15) is 9.90 Å². The zero-order valence-electron chi connectivity index (χ0n) is 7.61. The Kier molecular flexibility index (Phi) is 16.8. The van der Waals surface area contributed by atoms with Gasteiger partial charge in [0, 0.05) is 0 Å². The molecular weight excluding hydrogens is 250 g/mol. The van der Waals surface area contributed by atoms with Crippen LogP contribution in [0.15, 0.2) is 36.4 Å². The summed E-state index contributed by atoms with van der Waals surface area (Å²) in [4.78, 5) is 9.97. The summed E-state index contributed by atoms with van der Waals surface area (Å²) >= 11 is 0. The molecule has 0 atom stereocenters. The molecule has 0 spiro atoms. The molecule has 0 unspecified atom stereocenters. The smallest absolute Gasteiger partial charge is 1.00 e. The van der Waals surface area contributed by atoms with Gasteiger partial charge >= 0.3 is 51.4 Å². The Morgan fingerprint density at radius 1 is 1.14 bits per heavy atom. The van der Waals surface area contributed by atoms with Gasteiger partial charge in [0.15, 0.2) is 0 Å². The van der Waals surface area contributed by atoms with Crippen LogP contribution in [0.4, 0.5) is 0 Å². The van der Waals surface area contributed by atoms with Crippen LogP contribution >= 0.6 is 0 Å². The first-order valence-electron chi connectivity index (χ1n) is 3.23. The van der Waals surface area contributed by atoms with Crippen LogP contribution in [0, 0.1) is 0 Å². The maximum absolute atomic E-state index is 9.97. The van der Waals surface area contributed by atoms with Crippen molar-refractivity contribution in [1.29, 1.82) is 0 Å². The minimum atomic E-state index is -1.17. The Hall–Kier alpha value is 0.646. The number of rotatable bonds is 2. The summed E-state index contributed by atoms with van der Waals surface area (Å²) in [6.07, 6.45) is 2.50. The quantitative estimate of drug-likeness (QED) is 0.390. The van der Waals surface area contributed by atoms with Crippen LogP contribution in [0.1, 0.15) is 5.56 Å².